The molecule has 0 aliphatic carbocycles. The van der Waals surface area contributed by atoms with Crippen LogP contribution in [-0.2, 0) is 9.84 Å². The van der Waals surface area contributed by atoms with Crippen LogP contribution in [0.2, 0.25) is 10.3 Å². The van der Waals surface area contributed by atoms with Gasteiger partial charge in [0, 0.05) is 6.26 Å². The number of rotatable bonds is 2. The van der Waals surface area contributed by atoms with Crippen LogP contribution in [0.3, 0.4) is 0 Å². The summed E-state index contributed by atoms with van der Waals surface area (Å²) in [5.74, 6) is 0. The normalized spacial score (nSPS) is 10.6. The Morgan fingerprint density at radius 2 is 1.50 bits per heavy atom. The summed E-state index contributed by atoms with van der Waals surface area (Å²) in [6, 6.07) is 0. The van der Waals surface area contributed by atoms with Gasteiger partial charge in [-0.1, -0.05) is 23.2 Å². The van der Waals surface area contributed by atoms with Crippen LogP contribution >= 0.6 is 35.0 Å². The maximum atomic E-state index is 10.8. The average molecular weight is 353 g/mol. The molecule has 20 heavy (non-hydrogen) atoms. The zero-order valence-electron chi connectivity index (χ0n) is 10.5. The number of thioether (sulfide) groups is 1. The van der Waals surface area contributed by atoms with Crippen molar-refractivity contribution >= 4 is 44.8 Å². The molecule has 0 N–H and O–H groups in total. The number of hydrogen-bond acceptors (Lipinski definition) is 7. The van der Waals surface area contributed by atoms with Gasteiger partial charge in [-0.2, -0.15) is 0 Å². The molecule has 6 nitrogen and oxygen atoms in total. The fourth-order valence-corrected chi connectivity index (χ4v) is 1.90. The van der Waals surface area contributed by atoms with E-state index in [0.29, 0.717) is 5.15 Å². The van der Waals surface area contributed by atoms with Crippen LogP contribution in [0.5, 0.6) is 0 Å². The zero-order chi connectivity index (χ0) is 15.2. The van der Waals surface area contributed by atoms with Crippen LogP contribution in [0.15, 0.2) is 34.8 Å². The number of hydrogen-bond donors (Lipinski definition) is 0. The molecule has 0 unspecified atom stereocenters. The predicted octanol–water partition coefficient (Wildman–Crippen LogP) is 2.39. The molecule has 0 atom stereocenters. The lowest BCUT2D eigenvalue weighted by Gasteiger charge is -1.93. The lowest BCUT2D eigenvalue weighted by molar-refractivity contribution is 0.597. The first-order chi connectivity index (χ1) is 9.32. The third-order valence-corrected chi connectivity index (χ3v) is 3.77. The molecule has 2 aromatic rings. The van der Waals surface area contributed by atoms with Crippen molar-refractivity contribution in [1.29, 1.82) is 0 Å². The van der Waals surface area contributed by atoms with Gasteiger partial charge >= 0.3 is 0 Å². The standard InChI is InChI=1S/C5H5ClN2O2S.C5H5ClN2S/c1-11(9,10)5-3-7-4(6)2-8-5;1-9-5-3-7-4(6)2-8-5/h2-3H,1H3;2-3H,1H3. The fraction of sp³-hybridized carbons (Fsp3) is 0.200. The Hall–Kier alpha value is -0.960. The molecule has 0 aromatic carbocycles. The van der Waals surface area contributed by atoms with E-state index in [2.05, 4.69) is 19.9 Å². The lowest BCUT2D eigenvalue weighted by Crippen LogP contribution is -2.00. The van der Waals surface area contributed by atoms with Crippen molar-refractivity contribution < 1.29 is 8.42 Å². The summed E-state index contributed by atoms with van der Waals surface area (Å²) < 4.78 is 21.6. The number of aromatic nitrogens is 4. The molecule has 2 aromatic heterocycles. The highest BCUT2D eigenvalue weighted by Crippen LogP contribution is 2.10. The van der Waals surface area contributed by atoms with Crippen molar-refractivity contribution in [3.63, 3.8) is 0 Å². The first-order valence-corrected chi connectivity index (χ1v) is 8.89. The Morgan fingerprint density at radius 1 is 0.950 bits per heavy atom. The molecule has 0 bridgehead atoms. The van der Waals surface area contributed by atoms with E-state index in [1.54, 1.807) is 18.0 Å². The molecule has 0 spiro atoms. The molecular weight excluding hydrogens is 343 g/mol. The summed E-state index contributed by atoms with van der Waals surface area (Å²) in [6.45, 7) is 0. The molecule has 10 heteroatoms. The topological polar surface area (TPSA) is 85.7 Å². The van der Waals surface area contributed by atoms with E-state index in [-0.39, 0.29) is 10.2 Å². The van der Waals surface area contributed by atoms with Gasteiger partial charge in [0.05, 0.1) is 24.8 Å². The third-order valence-electron chi connectivity index (χ3n) is 1.78. The molecule has 0 aliphatic rings. The average Bonchev–Trinajstić information content (AvgIpc) is 2.40. The van der Waals surface area contributed by atoms with Gasteiger partial charge in [-0.3, -0.25) is 0 Å². The number of nitrogens with zero attached hydrogens (tertiary/aromatic N) is 4. The second-order valence-corrected chi connectivity index (χ2v) is 6.89. The van der Waals surface area contributed by atoms with Crippen LogP contribution in [0.4, 0.5) is 0 Å². The second-order valence-electron chi connectivity index (χ2n) is 3.33. The summed E-state index contributed by atoms with van der Waals surface area (Å²) in [4.78, 5) is 14.9. The summed E-state index contributed by atoms with van der Waals surface area (Å²) in [5, 5.41) is 1.44. The highest BCUT2D eigenvalue weighted by atomic mass is 35.5. The van der Waals surface area contributed by atoms with Gasteiger partial charge in [0.1, 0.15) is 15.3 Å². The van der Waals surface area contributed by atoms with E-state index in [1.165, 1.54) is 12.4 Å². The van der Waals surface area contributed by atoms with Gasteiger partial charge in [-0.15, -0.1) is 11.8 Å². The highest BCUT2D eigenvalue weighted by molar-refractivity contribution is 7.98. The van der Waals surface area contributed by atoms with Crippen LogP contribution in [-0.4, -0.2) is 40.9 Å². The second kappa shape index (κ2) is 7.72. The van der Waals surface area contributed by atoms with Crippen LogP contribution in [0.25, 0.3) is 0 Å². The molecule has 0 aliphatic heterocycles. The minimum Gasteiger partial charge on any atom is -0.245 e. The molecule has 2 rings (SSSR count). The summed E-state index contributed by atoms with van der Waals surface area (Å²) >= 11 is 12.4. The molecule has 108 valence electrons. The monoisotopic (exact) mass is 352 g/mol. The fourth-order valence-electron chi connectivity index (χ4n) is 0.898. The van der Waals surface area contributed by atoms with Crippen LogP contribution < -0.4 is 0 Å². The quantitative estimate of drug-likeness (QED) is 0.766. The SMILES string of the molecule is CS(=O)(=O)c1cnc(Cl)cn1.CSc1cnc(Cl)cn1. The minimum atomic E-state index is -3.25. The minimum absolute atomic E-state index is 0.0677. The van der Waals surface area contributed by atoms with Crippen LogP contribution in [0, 0.1) is 0 Å². The van der Waals surface area contributed by atoms with E-state index in [0.717, 1.165) is 17.5 Å². The Balaban J connectivity index is 0.000000204. The van der Waals surface area contributed by atoms with Crippen molar-refractivity contribution in [2.45, 2.75) is 10.1 Å². The Labute approximate surface area is 130 Å². The van der Waals surface area contributed by atoms with Gasteiger partial charge in [-0.25, -0.2) is 28.4 Å². The Bertz CT molecular complexity index is 648. The summed E-state index contributed by atoms with van der Waals surface area (Å²) in [6.07, 6.45) is 8.50. The van der Waals surface area contributed by atoms with Crippen molar-refractivity contribution in [1.82, 2.24) is 19.9 Å². The van der Waals surface area contributed by atoms with Crippen molar-refractivity contribution in [2.75, 3.05) is 12.5 Å². The first-order valence-electron chi connectivity index (χ1n) is 5.02. The molecule has 0 amide bonds. The molecular formula is C10H10Cl2N4O2S2. The molecule has 2 heterocycles. The summed E-state index contributed by atoms with van der Waals surface area (Å²) in [7, 11) is -3.25. The predicted molar refractivity (Wildman–Crippen MR) is 79.0 cm³/mol. The van der Waals surface area contributed by atoms with Crippen molar-refractivity contribution in [3.05, 3.63) is 35.1 Å². The van der Waals surface area contributed by atoms with Gasteiger partial charge in [-0.05, 0) is 6.26 Å². The Morgan fingerprint density at radius 3 is 1.85 bits per heavy atom. The third kappa shape index (κ3) is 6.00. The van der Waals surface area contributed by atoms with Gasteiger partial charge < -0.3 is 0 Å². The van der Waals surface area contributed by atoms with E-state index < -0.39 is 9.84 Å². The first kappa shape index (κ1) is 17.1. The zero-order valence-corrected chi connectivity index (χ0v) is 13.6. The maximum absolute atomic E-state index is 10.8. The van der Waals surface area contributed by atoms with Gasteiger partial charge in [0.15, 0.2) is 14.9 Å². The van der Waals surface area contributed by atoms with Crippen molar-refractivity contribution in [3.8, 4) is 0 Å². The van der Waals surface area contributed by atoms with Gasteiger partial charge in [0.25, 0.3) is 0 Å². The van der Waals surface area contributed by atoms with E-state index in [9.17, 15) is 8.42 Å². The molecule has 0 fully saturated rings. The number of sulfone groups is 1. The van der Waals surface area contributed by atoms with E-state index >= 15 is 0 Å². The maximum Gasteiger partial charge on any atom is 0.194 e. The molecule has 0 saturated carbocycles. The van der Waals surface area contributed by atoms with Crippen LogP contribution in [0.1, 0.15) is 0 Å². The smallest absolute Gasteiger partial charge is 0.194 e. The van der Waals surface area contributed by atoms with E-state index in [1.807, 2.05) is 6.26 Å². The van der Waals surface area contributed by atoms with E-state index in [4.69, 9.17) is 23.2 Å². The van der Waals surface area contributed by atoms with Gasteiger partial charge in [0.2, 0.25) is 0 Å². The largest absolute Gasteiger partial charge is 0.245 e. The molecule has 0 saturated heterocycles. The number of halogens is 2. The lowest BCUT2D eigenvalue weighted by atomic mass is 10.8. The molecule has 0 radical (unpaired) electrons. The van der Waals surface area contributed by atoms with Crippen molar-refractivity contribution in [2.24, 2.45) is 0 Å². The Kier molecular flexibility index (Phi) is 6.60. The highest BCUT2D eigenvalue weighted by Gasteiger charge is 2.07. The summed E-state index contributed by atoms with van der Waals surface area (Å²) in [5.41, 5.74) is 0.